The molecule has 5 aliphatic rings. The summed E-state index contributed by atoms with van der Waals surface area (Å²) < 4.78 is 0. The topological polar surface area (TPSA) is 135 Å². The molecule has 13 nitrogen and oxygen atoms in total. The van der Waals surface area contributed by atoms with Crippen molar-refractivity contribution in [3.8, 4) is 23.2 Å². The third-order valence-electron chi connectivity index (χ3n) is 15.2. The number of carbonyl (C=O) groups excluding carboxylic acids is 4. The van der Waals surface area contributed by atoms with Gasteiger partial charge in [0.05, 0.1) is 24.3 Å². The lowest BCUT2D eigenvalue weighted by atomic mass is 9.98. The molecule has 11 rings (SSSR count). The molecule has 4 amide bonds. The Kier molecular flexibility index (Phi) is 13.8. The molecule has 72 heavy (non-hydrogen) atoms. The molecule has 1 unspecified atom stereocenters. The number of pyridine rings is 1. The van der Waals surface area contributed by atoms with Crippen LogP contribution in [0.1, 0.15) is 91.9 Å². The number of amides is 4. The summed E-state index contributed by atoms with van der Waals surface area (Å²) in [5.41, 5.74) is 10.5. The molecule has 3 saturated heterocycles. The van der Waals surface area contributed by atoms with Crippen LogP contribution in [0.3, 0.4) is 0 Å². The number of nitrogens with zero attached hydrogens (tertiary/aromatic N) is 8. The zero-order chi connectivity index (χ0) is 49.0. The van der Waals surface area contributed by atoms with E-state index in [1.807, 2.05) is 78.0 Å². The third kappa shape index (κ3) is 10.5. The van der Waals surface area contributed by atoms with Gasteiger partial charge < -0.3 is 14.7 Å². The zero-order valence-electron chi connectivity index (χ0n) is 40.6. The quantitative estimate of drug-likeness (QED) is 0.0832. The van der Waals surface area contributed by atoms with Crippen molar-refractivity contribution in [1.82, 2.24) is 44.8 Å². The highest BCUT2D eigenvalue weighted by atomic mass is 16.2. The van der Waals surface area contributed by atoms with E-state index in [0.29, 0.717) is 49.0 Å². The summed E-state index contributed by atoms with van der Waals surface area (Å²) in [5, 5.41) is 3.44. The number of nitrogens with one attached hydrogen (secondary N) is 1. The number of rotatable bonds is 11. The molecular weight excluding hydrogens is 899 g/mol. The second-order valence-corrected chi connectivity index (χ2v) is 19.8. The summed E-state index contributed by atoms with van der Waals surface area (Å²) in [7, 11) is 0. The molecule has 3 fully saturated rings. The number of fused-ring (bicyclic) bond motifs is 3. The van der Waals surface area contributed by atoms with Gasteiger partial charge in [-0.15, -0.1) is 0 Å². The summed E-state index contributed by atoms with van der Waals surface area (Å²) in [4.78, 5) is 76.5. The molecule has 1 atom stereocenters. The Bertz CT molecular complexity index is 3110. The van der Waals surface area contributed by atoms with E-state index in [-0.39, 0.29) is 30.0 Å². The monoisotopic (exact) mass is 957 g/mol. The summed E-state index contributed by atoms with van der Waals surface area (Å²) in [6, 6.07) is 32.2. The van der Waals surface area contributed by atoms with Gasteiger partial charge in [0.15, 0.2) is 5.82 Å². The Morgan fingerprint density at radius 2 is 1.53 bits per heavy atom. The average molecular weight is 958 g/mol. The molecule has 0 radical (unpaired) electrons. The van der Waals surface area contributed by atoms with E-state index < -0.39 is 6.04 Å². The number of para-hydroxylation sites is 1. The normalized spacial score (nSPS) is 19.1. The van der Waals surface area contributed by atoms with Crippen LogP contribution in [-0.4, -0.2) is 134 Å². The minimum Gasteiger partial charge on any atom is -0.332 e. The highest BCUT2D eigenvalue weighted by Gasteiger charge is 2.40. The van der Waals surface area contributed by atoms with Crippen molar-refractivity contribution in [2.24, 2.45) is 0 Å². The Balaban J connectivity index is 0.588. The smallest absolute Gasteiger partial charge is 0.255 e. The van der Waals surface area contributed by atoms with Gasteiger partial charge in [-0.1, -0.05) is 78.6 Å². The number of aryl methyl sites for hydroxylation is 1. The van der Waals surface area contributed by atoms with Crippen LogP contribution in [0, 0.1) is 11.8 Å². The number of benzene rings is 4. The molecule has 2 aromatic heterocycles. The second-order valence-electron chi connectivity index (χ2n) is 19.8. The van der Waals surface area contributed by atoms with Crippen molar-refractivity contribution >= 4 is 46.7 Å². The largest absolute Gasteiger partial charge is 0.332 e. The zero-order valence-corrected chi connectivity index (χ0v) is 40.6. The number of piperidine rings is 2. The summed E-state index contributed by atoms with van der Waals surface area (Å²) in [5.74, 6) is 6.68. The number of piperazine rings is 1. The number of hydrogen-bond acceptors (Lipinski definition) is 10. The molecule has 5 aliphatic heterocycles. The minimum atomic E-state index is -0.584. The number of aromatic nitrogens is 3. The van der Waals surface area contributed by atoms with E-state index in [9.17, 15) is 19.2 Å². The predicted octanol–water partition coefficient (Wildman–Crippen LogP) is 6.89. The van der Waals surface area contributed by atoms with Gasteiger partial charge in [0.1, 0.15) is 6.04 Å². The molecule has 1 N–H and O–H groups in total. The first-order valence-corrected chi connectivity index (χ1v) is 25.6. The van der Waals surface area contributed by atoms with Crippen molar-refractivity contribution < 1.29 is 19.2 Å². The van der Waals surface area contributed by atoms with Gasteiger partial charge in [-0.3, -0.25) is 39.3 Å². The van der Waals surface area contributed by atoms with Crippen LogP contribution in [0.15, 0.2) is 109 Å². The van der Waals surface area contributed by atoms with Gasteiger partial charge in [0.2, 0.25) is 11.8 Å². The van der Waals surface area contributed by atoms with Crippen LogP contribution in [0.4, 0.5) is 0 Å². The van der Waals surface area contributed by atoms with Gasteiger partial charge in [0, 0.05) is 91.8 Å². The third-order valence-corrected chi connectivity index (χ3v) is 15.2. The van der Waals surface area contributed by atoms with Crippen LogP contribution in [-0.2, 0) is 35.5 Å². The van der Waals surface area contributed by atoms with E-state index in [1.54, 1.807) is 4.90 Å². The SMILES string of the molecule is O=C1CCC(N2Cc3c(CCCN4CCC(N5CCN(CC#Cc6ccc(/C=C/c7ccc(C(=O)N8CCc9cnc(-c%10cnc%11ccccc%11c%10)nc9C8)cc7)cc6)CC5)CC4)cccc3C2=O)C(=O)N1. The van der Waals surface area contributed by atoms with Crippen molar-refractivity contribution in [2.45, 2.75) is 70.1 Å². The molecule has 0 bridgehead atoms. The molecule has 6 aromatic rings. The van der Waals surface area contributed by atoms with E-state index in [4.69, 9.17) is 4.98 Å². The number of likely N-dealkylation sites (tertiary alicyclic amines) is 1. The summed E-state index contributed by atoms with van der Waals surface area (Å²) >= 11 is 0. The van der Waals surface area contributed by atoms with Crippen LogP contribution in [0.2, 0.25) is 0 Å². The molecule has 0 spiro atoms. The van der Waals surface area contributed by atoms with Gasteiger partial charge >= 0.3 is 0 Å². The summed E-state index contributed by atoms with van der Waals surface area (Å²) in [6.07, 6.45) is 13.5. The van der Waals surface area contributed by atoms with Gasteiger partial charge in [-0.2, -0.15) is 0 Å². The van der Waals surface area contributed by atoms with Crippen LogP contribution < -0.4 is 5.32 Å². The molecule has 364 valence electrons. The standard InChI is InChI=1S/C59H59N9O4/c69-55-23-22-54(57(70)63-55)68-39-51-44(8-3-10-50(51)59(68)72)9-5-28-64-29-25-49(26-30-64)66-34-32-65(33-35-66)27-4-6-41-12-14-42(15-13-41)16-17-43-18-20-45(21-19-43)58(71)67-31-24-47-37-61-56(62-53(47)40-67)48-36-46-7-1-2-11-52(46)60-38-48/h1-3,7-8,10-21,36-38,49,54H,5,9,22-35,39-40H2,(H,63,69,70)/b17-16+. The maximum absolute atomic E-state index is 13.6. The van der Waals surface area contributed by atoms with E-state index >= 15 is 0 Å². The fraction of sp³-hybridized carbons (Fsp3) is 0.339. The number of imide groups is 1. The minimum absolute atomic E-state index is 0.00163. The maximum atomic E-state index is 13.6. The molecule has 0 aliphatic carbocycles. The van der Waals surface area contributed by atoms with Crippen molar-refractivity contribution in [3.05, 3.63) is 160 Å². The van der Waals surface area contributed by atoms with Crippen LogP contribution >= 0.6 is 0 Å². The first-order valence-electron chi connectivity index (χ1n) is 25.6. The predicted molar refractivity (Wildman–Crippen MR) is 278 cm³/mol. The first kappa shape index (κ1) is 47.0. The maximum Gasteiger partial charge on any atom is 0.255 e. The number of carbonyl (C=O) groups is 4. The fourth-order valence-corrected chi connectivity index (χ4v) is 11.0. The second kappa shape index (κ2) is 21.2. The van der Waals surface area contributed by atoms with Gasteiger partial charge in [0.25, 0.3) is 11.8 Å². The lowest BCUT2D eigenvalue weighted by Crippen LogP contribution is -2.53. The lowest BCUT2D eigenvalue weighted by Gasteiger charge is -2.42. The Hall–Kier alpha value is -7.37. The average Bonchev–Trinajstić information content (AvgIpc) is 3.76. The van der Waals surface area contributed by atoms with Crippen molar-refractivity contribution in [2.75, 3.05) is 58.9 Å². The molecule has 7 heterocycles. The van der Waals surface area contributed by atoms with Crippen molar-refractivity contribution in [1.29, 1.82) is 0 Å². The van der Waals surface area contributed by atoms with Crippen molar-refractivity contribution in [3.63, 3.8) is 0 Å². The molecule has 4 aromatic carbocycles. The highest BCUT2D eigenvalue weighted by Crippen LogP contribution is 2.31. The molecule has 13 heteroatoms. The Labute approximate surface area is 420 Å². The van der Waals surface area contributed by atoms with E-state index in [0.717, 1.165) is 122 Å². The van der Waals surface area contributed by atoms with E-state index in [1.165, 1.54) is 18.4 Å². The Morgan fingerprint density at radius 3 is 2.32 bits per heavy atom. The number of hydrogen-bond donors (Lipinski definition) is 1. The van der Waals surface area contributed by atoms with E-state index in [2.05, 4.69) is 90.4 Å². The van der Waals surface area contributed by atoms with Crippen LogP contribution in [0.5, 0.6) is 0 Å². The molecular formula is C59H59N9O4. The van der Waals surface area contributed by atoms with Crippen LogP contribution in [0.25, 0.3) is 34.4 Å². The van der Waals surface area contributed by atoms with Gasteiger partial charge in [-0.05, 0) is 128 Å². The molecule has 0 saturated carbocycles. The lowest BCUT2D eigenvalue weighted by molar-refractivity contribution is -0.136. The fourth-order valence-electron chi connectivity index (χ4n) is 11.0. The Morgan fingerprint density at radius 1 is 0.750 bits per heavy atom. The van der Waals surface area contributed by atoms with Gasteiger partial charge in [-0.25, -0.2) is 9.97 Å². The highest BCUT2D eigenvalue weighted by molar-refractivity contribution is 6.05. The summed E-state index contributed by atoms with van der Waals surface area (Å²) in [6.45, 7) is 9.75. The first-order chi connectivity index (χ1) is 35.3.